The lowest BCUT2D eigenvalue weighted by Crippen LogP contribution is -2.70. The Bertz CT molecular complexity index is 429. The van der Waals surface area contributed by atoms with Crippen molar-refractivity contribution in [2.45, 2.75) is 69.2 Å². The second kappa shape index (κ2) is 8.58. The number of hydrogen-bond acceptors (Lipinski definition) is 8. The van der Waals surface area contributed by atoms with Gasteiger partial charge in [0.05, 0.1) is 43.9 Å². The van der Waals surface area contributed by atoms with E-state index in [4.69, 9.17) is 0 Å². The molecule has 0 aromatic heterocycles. The van der Waals surface area contributed by atoms with E-state index in [1.165, 1.54) is 19.3 Å². The van der Waals surface area contributed by atoms with Gasteiger partial charge < -0.3 is 20.6 Å². The Labute approximate surface area is 150 Å². The van der Waals surface area contributed by atoms with Crippen molar-refractivity contribution < 1.29 is 15.3 Å². The van der Waals surface area contributed by atoms with Gasteiger partial charge in [-0.3, -0.25) is 20.4 Å². The molecule has 25 heavy (non-hydrogen) atoms. The zero-order chi connectivity index (χ0) is 18.0. The van der Waals surface area contributed by atoms with Crippen LogP contribution in [0.2, 0.25) is 0 Å². The standard InChI is InChI=1S/C17H35N5O3/c1-3-4-5-6-21-9-20-17-13(16(21)18-2)19-10-22(17)12-7-11(8-23)14(24)15(12)25/h11-20,23-25H,3-10H2,1-2H3/t11-,12-,13?,14+,15-,16?,17?/m1/s1. The molecule has 1 saturated carbocycles. The normalized spacial score (nSPS) is 42.8. The van der Waals surface area contributed by atoms with Crippen LogP contribution < -0.4 is 16.0 Å². The molecule has 0 radical (unpaired) electrons. The van der Waals surface area contributed by atoms with Crippen LogP contribution in [0.4, 0.5) is 0 Å². The Balaban J connectivity index is 1.65. The van der Waals surface area contributed by atoms with Crippen LogP contribution in [0.3, 0.4) is 0 Å². The van der Waals surface area contributed by atoms with Crippen molar-refractivity contribution in [2.24, 2.45) is 5.92 Å². The highest BCUT2D eigenvalue weighted by atomic mass is 16.3. The molecule has 146 valence electrons. The summed E-state index contributed by atoms with van der Waals surface area (Å²) in [4.78, 5) is 4.66. The first kappa shape index (κ1) is 19.4. The number of aliphatic hydroxyl groups is 3. The largest absolute Gasteiger partial charge is 0.396 e. The molecule has 2 heterocycles. The smallest absolute Gasteiger partial charge is 0.0958 e. The van der Waals surface area contributed by atoms with Crippen molar-refractivity contribution in [3.8, 4) is 0 Å². The summed E-state index contributed by atoms with van der Waals surface area (Å²) in [7, 11) is 2.00. The molecule has 3 unspecified atom stereocenters. The number of rotatable bonds is 7. The van der Waals surface area contributed by atoms with Crippen molar-refractivity contribution in [3.63, 3.8) is 0 Å². The summed E-state index contributed by atoms with van der Waals surface area (Å²) in [6.07, 6.45) is 2.99. The Kier molecular flexibility index (Phi) is 6.67. The molecule has 2 saturated heterocycles. The van der Waals surface area contributed by atoms with Crippen molar-refractivity contribution in [2.75, 3.05) is 33.5 Å². The van der Waals surface area contributed by atoms with Crippen LogP contribution >= 0.6 is 0 Å². The molecule has 2 aliphatic heterocycles. The Morgan fingerprint density at radius 2 is 1.92 bits per heavy atom. The molecule has 6 N–H and O–H groups in total. The first-order valence-corrected chi connectivity index (χ1v) is 9.73. The van der Waals surface area contributed by atoms with Gasteiger partial charge >= 0.3 is 0 Å². The van der Waals surface area contributed by atoms with Crippen molar-refractivity contribution in [1.29, 1.82) is 0 Å². The van der Waals surface area contributed by atoms with Gasteiger partial charge in [0.25, 0.3) is 0 Å². The molecule has 0 amide bonds. The quantitative estimate of drug-likeness (QED) is 0.298. The topological polar surface area (TPSA) is 103 Å². The lowest BCUT2D eigenvalue weighted by atomic mass is 10.1. The number of aliphatic hydroxyl groups excluding tert-OH is 3. The summed E-state index contributed by atoms with van der Waals surface area (Å²) < 4.78 is 0. The first-order valence-electron chi connectivity index (χ1n) is 9.73. The van der Waals surface area contributed by atoms with Crippen LogP contribution in [-0.2, 0) is 0 Å². The molecule has 0 aromatic carbocycles. The Hall–Kier alpha value is -0.320. The molecule has 3 fully saturated rings. The van der Waals surface area contributed by atoms with Crippen LogP contribution in [0, 0.1) is 5.92 Å². The fourth-order valence-corrected chi connectivity index (χ4v) is 4.77. The molecule has 8 nitrogen and oxygen atoms in total. The van der Waals surface area contributed by atoms with Gasteiger partial charge in [0, 0.05) is 25.1 Å². The predicted octanol–water partition coefficient (Wildman–Crippen LogP) is -1.76. The van der Waals surface area contributed by atoms with Gasteiger partial charge in [-0.15, -0.1) is 0 Å². The lowest BCUT2D eigenvalue weighted by molar-refractivity contribution is -0.0329. The highest BCUT2D eigenvalue weighted by Gasteiger charge is 2.51. The van der Waals surface area contributed by atoms with Crippen LogP contribution in [0.25, 0.3) is 0 Å². The zero-order valence-electron chi connectivity index (χ0n) is 15.4. The van der Waals surface area contributed by atoms with Crippen molar-refractivity contribution in [1.82, 2.24) is 25.8 Å². The number of fused-ring (bicyclic) bond motifs is 1. The van der Waals surface area contributed by atoms with E-state index in [1.807, 2.05) is 7.05 Å². The maximum absolute atomic E-state index is 10.4. The summed E-state index contributed by atoms with van der Waals surface area (Å²) in [6, 6.07) is 0.0872. The maximum Gasteiger partial charge on any atom is 0.0958 e. The summed E-state index contributed by atoms with van der Waals surface area (Å²) in [5.74, 6) is -0.242. The Morgan fingerprint density at radius 3 is 2.56 bits per heavy atom. The number of likely N-dealkylation sites (N-methyl/N-ethyl adjacent to an activating group) is 1. The van der Waals surface area contributed by atoms with Gasteiger partial charge in [-0.2, -0.15) is 0 Å². The molecule has 0 aromatic rings. The van der Waals surface area contributed by atoms with Crippen LogP contribution in [0.1, 0.15) is 32.6 Å². The number of nitrogens with zero attached hydrogens (tertiary/aromatic N) is 2. The summed E-state index contributed by atoms with van der Waals surface area (Å²) in [5.41, 5.74) is 0. The van der Waals surface area contributed by atoms with Gasteiger partial charge in [-0.25, -0.2) is 0 Å². The number of unbranched alkanes of at least 4 members (excludes halogenated alkanes) is 2. The molecule has 1 aliphatic carbocycles. The van der Waals surface area contributed by atoms with Gasteiger partial charge in [0.2, 0.25) is 0 Å². The van der Waals surface area contributed by atoms with Crippen LogP contribution in [0.15, 0.2) is 0 Å². The third kappa shape index (κ3) is 3.72. The highest BCUT2D eigenvalue weighted by molar-refractivity contribution is 5.05. The van der Waals surface area contributed by atoms with E-state index in [2.05, 4.69) is 32.7 Å². The predicted molar refractivity (Wildman–Crippen MR) is 95.5 cm³/mol. The van der Waals surface area contributed by atoms with Crippen molar-refractivity contribution >= 4 is 0 Å². The molecule has 3 rings (SSSR count). The first-order chi connectivity index (χ1) is 12.1. The minimum absolute atomic E-state index is 0.0815. The molecular weight excluding hydrogens is 322 g/mol. The average molecular weight is 357 g/mol. The second-order valence-corrected chi connectivity index (χ2v) is 7.69. The molecule has 3 aliphatic rings. The molecule has 7 atom stereocenters. The number of hydrogen-bond donors (Lipinski definition) is 6. The van der Waals surface area contributed by atoms with Crippen LogP contribution in [-0.4, -0.2) is 95.3 Å². The minimum Gasteiger partial charge on any atom is -0.396 e. The molecule has 0 bridgehead atoms. The van der Waals surface area contributed by atoms with Crippen molar-refractivity contribution in [3.05, 3.63) is 0 Å². The van der Waals surface area contributed by atoms with E-state index in [-0.39, 0.29) is 36.9 Å². The van der Waals surface area contributed by atoms with Crippen LogP contribution in [0.5, 0.6) is 0 Å². The van der Waals surface area contributed by atoms with E-state index in [0.29, 0.717) is 13.1 Å². The molecule has 8 heteroatoms. The van der Waals surface area contributed by atoms with Gasteiger partial charge in [-0.05, 0) is 19.9 Å². The van der Waals surface area contributed by atoms with Gasteiger partial charge in [0.15, 0.2) is 0 Å². The fourth-order valence-electron chi connectivity index (χ4n) is 4.77. The molecular formula is C17H35N5O3. The van der Waals surface area contributed by atoms with Gasteiger partial charge in [-0.1, -0.05) is 19.8 Å². The SMILES string of the molecule is CCCCCN1CNC2C(NCN2[C@@H]2C[C@H](CO)[C@H](O)[C@@H]2O)C1NC. The highest BCUT2D eigenvalue weighted by Crippen LogP contribution is 2.33. The number of nitrogens with one attached hydrogen (secondary N) is 3. The summed E-state index contributed by atoms with van der Waals surface area (Å²) in [5, 5.41) is 40.7. The van der Waals surface area contributed by atoms with E-state index < -0.39 is 12.2 Å². The summed E-state index contributed by atoms with van der Waals surface area (Å²) >= 11 is 0. The lowest BCUT2D eigenvalue weighted by Gasteiger charge is -2.45. The maximum atomic E-state index is 10.4. The summed E-state index contributed by atoms with van der Waals surface area (Å²) in [6.45, 7) is 4.69. The second-order valence-electron chi connectivity index (χ2n) is 7.69. The monoisotopic (exact) mass is 357 g/mol. The Morgan fingerprint density at radius 1 is 1.12 bits per heavy atom. The van der Waals surface area contributed by atoms with E-state index in [1.54, 1.807) is 0 Å². The van der Waals surface area contributed by atoms with E-state index >= 15 is 0 Å². The van der Waals surface area contributed by atoms with E-state index in [9.17, 15) is 15.3 Å². The third-order valence-electron chi connectivity index (χ3n) is 6.22. The minimum atomic E-state index is -0.844. The fraction of sp³-hybridized carbons (Fsp3) is 1.00. The molecule has 0 spiro atoms. The van der Waals surface area contributed by atoms with Gasteiger partial charge in [0.1, 0.15) is 0 Å². The van der Waals surface area contributed by atoms with E-state index in [0.717, 1.165) is 13.2 Å². The zero-order valence-corrected chi connectivity index (χ0v) is 15.4. The average Bonchev–Trinajstić information content (AvgIpc) is 3.16. The third-order valence-corrected chi connectivity index (χ3v) is 6.22.